The Labute approximate surface area is 169 Å². The van der Waals surface area contributed by atoms with Crippen molar-refractivity contribution in [1.29, 1.82) is 0 Å². The standard InChI is InChI=1S/C20H22F2N2O2S2/c1-12-9-15(18(23-11-12)28(25,26)19(21)22)17(27)24-16-6-4-5-13-10-20(2,3)8-7-14(13)16/h4-6,9,11,19H,7-8,10H2,1-3H3,(H,24,27). The number of aromatic nitrogens is 1. The Bertz CT molecular complexity index is 1030. The third kappa shape index (κ3) is 4.07. The molecule has 1 aliphatic carbocycles. The minimum absolute atomic E-state index is 0.0101. The highest BCUT2D eigenvalue weighted by molar-refractivity contribution is 7.91. The second kappa shape index (κ2) is 7.48. The first-order valence-electron chi connectivity index (χ1n) is 8.92. The highest BCUT2D eigenvalue weighted by Crippen LogP contribution is 2.37. The summed E-state index contributed by atoms with van der Waals surface area (Å²) in [7, 11) is -4.87. The minimum atomic E-state index is -4.87. The number of hydrogen-bond donors (Lipinski definition) is 1. The first-order chi connectivity index (χ1) is 13.0. The number of nitrogens with one attached hydrogen (secondary N) is 1. The molecule has 1 aromatic carbocycles. The summed E-state index contributed by atoms with van der Waals surface area (Å²) in [6.07, 6.45) is 4.06. The number of thiocarbonyl (C=S) groups is 1. The van der Waals surface area contributed by atoms with Gasteiger partial charge < -0.3 is 5.32 Å². The van der Waals surface area contributed by atoms with Crippen molar-refractivity contribution >= 4 is 32.7 Å². The van der Waals surface area contributed by atoms with Crippen molar-refractivity contribution in [2.75, 3.05) is 5.32 Å². The lowest BCUT2D eigenvalue weighted by Gasteiger charge is -2.32. The number of rotatable bonds is 4. The number of anilines is 1. The fourth-order valence-electron chi connectivity index (χ4n) is 3.50. The second-order valence-corrected chi connectivity index (χ2v) is 10.2. The van der Waals surface area contributed by atoms with Gasteiger partial charge in [0, 0.05) is 17.4 Å². The molecule has 4 nitrogen and oxygen atoms in total. The zero-order valence-electron chi connectivity index (χ0n) is 15.9. The molecule has 0 amide bonds. The highest BCUT2D eigenvalue weighted by atomic mass is 32.2. The van der Waals surface area contributed by atoms with Gasteiger partial charge in [-0.05, 0) is 60.4 Å². The number of sulfone groups is 1. The summed E-state index contributed by atoms with van der Waals surface area (Å²) in [4.78, 5) is 3.81. The van der Waals surface area contributed by atoms with E-state index in [-0.39, 0.29) is 16.0 Å². The van der Waals surface area contributed by atoms with Gasteiger partial charge in [-0.1, -0.05) is 38.2 Å². The lowest BCUT2D eigenvalue weighted by Crippen LogP contribution is -2.24. The van der Waals surface area contributed by atoms with Gasteiger partial charge in [-0.2, -0.15) is 8.78 Å². The predicted molar refractivity (Wildman–Crippen MR) is 110 cm³/mol. The first kappa shape index (κ1) is 20.8. The normalized spacial score (nSPS) is 15.9. The molecular weight excluding hydrogens is 402 g/mol. The number of aryl methyl sites for hydroxylation is 1. The molecule has 0 unspecified atom stereocenters. The van der Waals surface area contributed by atoms with E-state index in [1.807, 2.05) is 12.1 Å². The van der Waals surface area contributed by atoms with Crippen LogP contribution in [0.3, 0.4) is 0 Å². The number of fused-ring (bicyclic) bond motifs is 1. The fourth-order valence-corrected chi connectivity index (χ4v) is 4.67. The van der Waals surface area contributed by atoms with Crippen molar-refractivity contribution in [1.82, 2.24) is 4.98 Å². The average molecular weight is 425 g/mol. The van der Waals surface area contributed by atoms with Crippen LogP contribution in [0.5, 0.6) is 0 Å². The Kier molecular flexibility index (Phi) is 5.55. The van der Waals surface area contributed by atoms with E-state index in [4.69, 9.17) is 12.2 Å². The van der Waals surface area contributed by atoms with Crippen LogP contribution in [-0.2, 0) is 22.7 Å². The minimum Gasteiger partial charge on any atom is -0.346 e. The van der Waals surface area contributed by atoms with E-state index in [0.717, 1.165) is 30.5 Å². The fraction of sp³-hybridized carbons (Fsp3) is 0.400. The van der Waals surface area contributed by atoms with Crippen LogP contribution in [0.25, 0.3) is 0 Å². The maximum atomic E-state index is 13.1. The highest BCUT2D eigenvalue weighted by Gasteiger charge is 2.32. The van der Waals surface area contributed by atoms with Gasteiger partial charge in [-0.25, -0.2) is 13.4 Å². The average Bonchev–Trinajstić information content (AvgIpc) is 2.60. The number of benzene rings is 1. The summed E-state index contributed by atoms with van der Waals surface area (Å²) in [5, 5.41) is 2.38. The quantitative estimate of drug-likeness (QED) is 0.722. The second-order valence-electron chi connectivity index (χ2n) is 7.91. The zero-order valence-corrected chi connectivity index (χ0v) is 17.6. The molecule has 1 heterocycles. The van der Waals surface area contributed by atoms with Gasteiger partial charge in [0.25, 0.3) is 9.84 Å². The summed E-state index contributed by atoms with van der Waals surface area (Å²) in [6, 6.07) is 7.33. The van der Waals surface area contributed by atoms with Crippen LogP contribution in [-0.4, -0.2) is 24.1 Å². The molecule has 2 aromatic rings. The van der Waals surface area contributed by atoms with Gasteiger partial charge in [-0.15, -0.1) is 0 Å². The largest absolute Gasteiger partial charge is 0.346 e. The smallest absolute Gasteiger partial charge is 0.342 e. The van der Waals surface area contributed by atoms with Crippen molar-refractivity contribution < 1.29 is 17.2 Å². The number of nitrogens with zero attached hydrogens (tertiary/aromatic N) is 1. The summed E-state index contributed by atoms with van der Waals surface area (Å²) in [6.45, 7) is 6.14. The lowest BCUT2D eigenvalue weighted by molar-refractivity contribution is 0.234. The van der Waals surface area contributed by atoms with Crippen molar-refractivity contribution in [2.45, 2.75) is 50.8 Å². The van der Waals surface area contributed by atoms with E-state index >= 15 is 0 Å². The van der Waals surface area contributed by atoms with Gasteiger partial charge >= 0.3 is 5.76 Å². The van der Waals surface area contributed by atoms with Gasteiger partial charge in [0.05, 0.1) is 0 Å². The maximum absolute atomic E-state index is 13.1. The topological polar surface area (TPSA) is 59.1 Å². The van der Waals surface area contributed by atoms with Crippen molar-refractivity contribution in [3.05, 3.63) is 52.7 Å². The van der Waals surface area contributed by atoms with Crippen LogP contribution in [0.4, 0.5) is 14.5 Å². The Hall–Kier alpha value is -1.93. The summed E-state index contributed by atoms with van der Waals surface area (Å²) in [5.41, 5.74) is 3.95. The molecule has 0 radical (unpaired) electrons. The van der Waals surface area contributed by atoms with Crippen LogP contribution in [0, 0.1) is 12.3 Å². The summed E-state index contributed by atoms with van der Waals surface area (Å²) >= 11 is 5.39. The van der Waals surface area contributed by atoms with Crippen LogP contribution >= 0.6 is 12.2 Å². The zero-order chi connectivity index (χ0) is 20.7. The molecule has 0 spiro atoms. The number of alkyl halides is 2. The van der Waals surface area contributed by atoms with E-state index in [2.05, 4.69) is 30.2 Å². The van der Waals surface area contributed by atoms with Crippen molar-refractivity contribution in [2.24, 2.45) is 5.41 Å². The van der Waals surface area contributed by atoms with Crippen LogP contribution in [0.15, 0.2) is 35.5 Å². The first-order valence-corrected chi connectivity index (χ1v) is 10.9. The summed E-state index contributed by atoms with van der Waals surface area (Å²) < 4.78 is 50.2. The third-order valence-corrected chi connectivity index (χ3v) is 6.63. The Balaban J connectivity index is 1.99. The van der Waals surface area contributed by atoms with Crippen molar-refractivity contribution in [3.63, 3.8) is 0 Å². The predicted octanol–water partition coefficient (Wildman–Crippen LogP) is 4.69. The SMILES string of the molecule is Cc1cnc(S(=O)(=O)C(F)F)c(C(=S)Nc2cccc3c2CCC(C)(C)C3)c1. The monoisotopic (exact) mass is 424 g/mol. The molecule has 3 rings (SSSR count). The van der Waals surface area contributed by atoms with Crippen LogP contribution in [0.2, 0.25) is 0 Å². The van der Waals surface area contributed by atoms with Crippen LogP contribution in [0.1, 0.15) is 42.5 Å². The molecule has 0 bridgehead atoms. The number of pyridine rings is 1. The molecule has 0 saturated heterocycles. The van der Waals surface area contributed by atoms with E-state index in [1.165, 1.54) is 17.8 Å². The maximum Gasteiger partial charge on any atom is 0.342 e. The lowest BCUT2D eigenvalue weighted by atomic mass is 9.74. The third-order valence-electron chi connectivity index (χ3n) is 4.98. The molecule has 28 heavy (non-hydrogen) atoms. The van der Waals surface area contributed by atoms with Gasteiger partial charge in [0.1, 0.15) is 4.99 Å². The number of halogens is 2. The molecule has 0 aliphatic heterocycles. The van der Waals surface area contributed by atoms with E-state index in [0.29, 0.717) is 5.56 Å². The van der Waals surface area contributed by atoms with Crippen molar-refractivity contribution in [3.8, 4) is 0 Å². The molecule has 1 aromatic heterocycles. The molecule has 0 atom stereocenters. The molecule has 8 heteroatoms. The van der Waals surface area contributed by atoms with E-state index in [9.17, 15) is 17.2 Å². The van der Waals surface area contributed by atoms with Gasteiger partial charge in [0.15, 0.2) is 5.03 Å². The number of hydrogen-bond acceptors (Lipinski definition) is 4. The summed E-state index contributed by atoms with van der Waals surface area (Å²) in [5.74, 6) is -3.56. The molecule has 1 N–H and O–H groups in total. The van der Waals surface area contributed by atoms with E-state index in [1.54, 1.807) is 6.92 Å². The Morgan fingerprint density at radius 1 is 1.32 bits per heavy atom. The van der Waals surface area contributed by atoms with Gasteiger partial charge in [-0.3, -0.25) is 0 Å². The Morgan fingerprint density at radius 3 is 2.71 bits per heavy atom. The molecule has 1 aliphatic rings. The molecular formula is C20H22F2N2O2S2. The van der Waals surface area contributed by atoms with Gasteiger partial charge in [0.2, 0.25) is 0 Å². The van der Waals surface area contributed by atoms with Crippen LogP contribution < -0.4 is 5.32 Å². The molecule has 150 valence electrons. The van der Waals surface area contributed by atoms with E-state index < -0.39 is 20.6 Å². The molecule has 0 saturated carbocycles. The molecule has 0 fully saturated rings. The Morgan fingerprint density at radius 2 is 2.04 bits per heavy atom.